The first-order valence-corrected chi connectivity index (χ1v) is 11.5. The van der Waals surface area contributed by atoms with Gasteiger partial charge in [-0.25, -0.2) is 18.4 Å². The molecule has 0 bridgehead atoms. The maximum Gasteiger partial charge on any atom is 0.262 e. The predicted octanol–water partition coefficient (Wildman–Crippen LogP) is 3.89. The van der Waals surface area contributed by atoms with Crippen LogP contribution in [-0.4, -0.2) is 18.5 Å². The second-order valence-corrected chi connectivity index (χ2v) is 9.47. The van der Waals surface area contributed by atoms with Gasteiger partial charge in [-0.2, -0.15) is 0 Å². The molecule has 9 heteroatoms. The minimum Gasteiger partial charge on any atom is -0.494 e. The fourth-order valence-electron chi connectivity index (χ4n) is 3.62. The number of aromatic nitrogens is 1. The Morgan fingerprint density at radius 1 is 1.03 bits per heavy atom. The number of hydrogen-bond donors (Lipinski definition) is 3. The molecule has 0 aliphatic carbocycles. The third kappa shape index (κ3) is 3.63. The summed E-state index contributed by atoms with van der Waals surface area (Å²) in [5.41, 5.74) is 2.12. The summed E-state index contributed by atoms with van der Waals surface area (Å²) in [4.78, 5) is 12.0. The fraction of sp³-hybridized carbons (Fsp3) is 0.0435. The van der Waals surface area contributed by atoms with E-state index in [1.807, 2.05) is 0 Å². The number of aryl methyl sites for hydroxylation is 1. The van der Waals surface area contributed by atoms with Crippen LogP contribution in [0.2, 0.25) is 5.02 Å². The maximum atomic E-state index is 12.9. The lowest BCUT2D eigenvalue weighted by Gasteiger charge is -2.10. The van der Waals surface area contributed by atoms with E-state index in [9.17, 15) is 13.5 Å². The summed E-state index contributed by atoms with van der Waals surface area (Å²) in [5, 5.41) is 13.0. The van der Waals surface area contributed by atoms with Crippen molar-refractivity contribution in [1.29, 1.82) is 0 Å². The molecule has 0 saturated carbocycles. The molecule has 32 heavy (non-hydrogen) atoms. The second-order valence-electron chi connectivity index (χ2n) is 7.38. The molecule has 0 radical (unpaired) electrons. The lowest BCUT2D eigenvalue weighted by molar-refractivity contribution is 0.457. The van der Waals surface area contributed by atoms with E-state index < -0.39 is 10.0 Å². The molecule has 0 fully saturated rings. The van der Waals surface area contributed by atoms with Crippen LogP contribution < -0.4 is 15.4 Å². The summed E-state index contributed by atoms with van der Waals surface area (Å²) >= 11 is 6.02. The van der Waals surface area contributed by atoms with E-state index in [0.717, 1.165) is 0 Å². The van der Waals surface area contributed by atoms with Crippen molar-refractivity contribution < 1.29 is 13.5 Å². The second kappa shape index (κ2) is 7.51. The topological polar surface area (TPSA) is 107 Å². The van der Waals surface area contributed by atoms with Gasteiger partial charge < -0.3 is 10.1 Å². The zero-order chi connectivity index (χ0) is 22.5. The van der Waals surface area contributed by atoms with Crippen LogP contribution in [0.4, 0.5) is 5.69 Å². The van der Waals surface area contributed by atoms with Crippen molar-refractivity contribution in [3.05, 3.63) is 93.3 Å². The highest BCUT2D eigenvalue weighted by Gasteiger charge is 2.18. The Bertz CT molecular complexity index is 1660. The number of hydrogen-bond acceptors (Lipinski definition) is 5. The highest BCUT2D eigenvalue weighted by atomic mass is 35.5. The molecular weight excluding hydrogens is 448 g/mol. The smallest absolute Gasteiger partial charge is 0.262 e. The summed E-state index contributed by atoms with van der Waals surface area (Å²) in [5.74, 6) is 0.343. The summed E-state index contributed by atoms with van der Waals surface area (Å²) in [6, 6.07) is 17.0. The molecule has 0 amide bonds. The molecule has 3 aromatic carbocycles. The van der Waals surface area contributed by atoms with Gasteiger partial charge in [0.1, 0.15) is 0 Å². The predicted molar refractivity (Wildman–Crippen MR) is 124 cm³/mol. The van der Waals surface area contributed by atoms with E-state index in [1.54, 1.807) is 73.7 Å². The monoisotopic (exact) mass is 464 g/mol. The Morgan fingerprint density at radius 2 is 1.81 bits per heavy atom. The first-order valence-electron chi connectivity index (χ1n) is 9.68. The molecule has 1 aromatic heterocycles. The average Bonchev–Trinajstić information content (AvgIpc) is 3.28. The average molecular weight is 465 g/mol. The van der Waals surface area contributed by atoms with E-state index in [4.69, 9.17) is 11.6 Å². The van der Waals surface area contributed by atoms with Crippen LogP contribution >= 0.6 is 11.6 Å². The van der Waals surface area contributed by atoms with Gasteiger partial charge in [-0.15, -0.1) is 0 Å². The summed E-state index contributed by atoms with van der Waals surface area (Å²) in [6.45, 7) is 1.74. The van der Waals surface area contributed by atoms with E-state index in [2.05, 4.69) is 19.7 Å². The van der Waals surface area contributed by atoms with Crippen molar-refractivity contribution in [3.63, 3.8) is 0 Å². The number of fused-ring (bicyclic) bond motifs is 2. The molecule has 0 unspecified atom stereocenters. The van der Waals surface area contributed by atoms with E-state index in [-0.39, 0.29) is 10.8 Å². The van der Waals surface area contributed by atoms with Gasteiger partial charge in [0.2, 0.25) is 0 Å². The Morgan fingerprint density at radius 3 is 2.62 bits per heavy atom. The Labute approximate surface area is 188 Å². The highest BCUT2D eigenvalue weighted by molar-refractivity contribution is 7.92. The molecule has 0 atom stereocenters. The zero-order valence-electron chi connectivity index (χ0n) is 16.8. The van der Waals surface area contributed by atoms with Crippen LogP contribution in [0.1, 0.15) is 11.1 Å². The molecular formula is C23H17ClN4O3S. The summed E-state index contributed by atoms with van der Waals surface area (Å²) in [6.07, 6.45) is 1.64. The largest absolute Gasteiger partial charge is 0.494 e. The summed E-state index contributed by atoms with van der Waals surface area (Å²) in [7, 11) is -3.77. The first kappa shape index (κ1) is 20.3. The van der Waals surface area contributed by atoms with Gasteiger partial charge in [0, 0.05) is 27.2 Å². The normalized spacial score (nSPS) is 14.2. The van der Waals surface area contributed by atoms with Crippen LogP contribution in [0.15, 0.2) is 81.4 Å². The molecule has 1 aliphatic heterocycles. The van der Waals surface area contributed by atoms with Crippen molar-refractivity contribution in [2.24, 2.45) is 9.98 Å². The Hall–Kier alpha value is -3.62. The molecule has 0 saturated heterocycles. The lowest BCUT2D eigenvalue weighted by atomic mass is 10.1. The van der Waals surface area contributed by atoms with Crippen molar-refractivity contribution in [2.45, 2.75) is 11.8 Å². The molecule has 3 N–H and O–H groups in total. The van der Waals surface area contributed by atoms with Crippen molar-refractivity contribution in [2.75, 3.05) is 4.72 Å². The van der Waals surface area contributed by atoms with Gasteiger partial charge in [0.15, 0.2) is 11.7 Å². The van der Waals surface area contributed by atoms with Crippen molar-refractivity contribution in [1.82, 2.24) is 4.98 Å². The molecule has 7 nitrogen and oxygen atoms in total. The van der Waals surface area contributed by atoms with E-state index >= 15 is 0 Å². The van der Waals surface area contributed by atoms with Crippen LogP contribution in [0, 0.1) is 6.92 Å². The van der Waals surface area contributed by atoms with Gasteiger partial charge in [-0.3, -0.25) is 4.72 Å². The van der Waals surface area contributed by atoms with Crippen LogP contribution in [0.3, 0.4) is 0 Å². The molecule has 0 spiro atoms. The van der Waals surface area contributed by atoms with Gasteiger partial charge in [-0.1, -0.05) is 29.8 Å². The number of nitrogens with one attached hydrogen (secondary N) is 2. The third-order valence-corrected chi connectivity index (χ3v) is 6.91. The zero-order valence-corrected chi connectivity index (χ0v) is 18.4. The standard InChI is InChI=1S/C23H17ClN4O3S/c1-13-4-2-3-5-21(13)32(30,31)28-15-7-9-18-16(11-15)17(23(29)27-18)12-22-25-19-8-6-14(24)10-20(19)26-22/h2-12,27-29H,1H3/b22-12+. The van der Waals surface area contributed by atoms with Gasteiger partial charge >= 0.3 is 0 Å². The van der Waals surface area contributed by atoms with Gasteiger partial charge in [0.25, 0.3) is 10.0 Å². The minimum absolute atomic E-state index is 0.0641. The SMILES string of the molecule is Cc1ccccc1S(=O)(=O)Nc1ccc2[nH]c(O)c(/C=C3\N=c4ccc(Cl)cc4=N3)c2c1. The van der Waals surface area contributed by atoms with Crippen LogP contribution in [0.5, 0.6) is 5.88 Å². The highest BCUT2D eigenvalue weighted by Crippen LogP contribution is 2.32. The van der Waals surface area contributed by atoms with E-state index in [0.29, 0.717) is 49.3 Å². The lowest BCUT2D eigenvalue weighted by Crippen LogP contribution is -2.20. The number of anilines is 1. The fourth-order valence-corrected chi connectivity index (χ4v) is 5.09. The quantitative estimate of drug-likeness (QED) is 0.426. The number of H-pyrrole nitrogens is 1. The Kier molecular flexibility index (Phi) is 4.76. The number of halogens is 1. The molecule has 160 valence electrons. The van der Waals surface area contributed by atoms with Crippen molar-refractivity contribution >= 4 is 44.3 Å². The number of benzene rings is 3. The molecule has 4 aromatic rings. The number of nitrogens with zero attached hydrogens (tertiary/aromatic N) is 2. The number of sulfonamides is 1. The number of aromatic amines is 1. The Balaban J connectivity index is 1.56. The van der Waals surface area contributed by atoms with Crippen LogP contribution in [-0.2, 0) is 10.0 Å². The van der Waals surface area contributed by atoms with E-state index in [1.165, 1.54) is 0 Å². The molecule has 5 rings (SSSR count). The van der Waals surface area contributed by atoms with Gasteiger partial charge in [0.05, 0.1) is 15.6 Å². The summed E-state index contributed by atoms with van der Waals surface area (Å²) < 4.78 is 28.3. The minimum atomic E-state index is -3.77. The van der Waals surface area contributed by atoms with Crippen molar-refractivity contribution in [3.8, 4) is 5.88 Å². The van der Waals surface area contributed by atoms with Gasteiger partial charge in [-0.05, 0) is 61.0 Å². The first-order chi connectivity index (χ1) is 15.3. The maximum absolute atomic E-state index is 12.9. The molecule has 1 aliphatic rings. The van der Waals surface area contributed by atoms with Crippen LogP contribution in [0.25, 0.3) is 17.0 Å². The third-order valence-electron chi connectivity index (χ3n) is 5.13. The number of rotatable bonds is 4. The molecule has 2 heterocycles. The number of aromatic hydroxyl groups is 1.